The number of carbonyl (C=O) groups excluding carboxylic acids is 3. The molecule has 0 aliphatic rings. The highest BCUT2D eigenvalue weighted by Gasteiger charge is 2.19. The fourth-order valence-electron chi connectivity index (χ4n) is 2.88. The fourth-order valence-corrected chi connectivity index (χ4v) is 2.88. The molecule has 2 aromatic carbocycles. The molecule has 0 N–H and O–H groups in total. The molecule has 0 saturated heterocycles. The van der Waals surface area contributed by atoms with Crippen molar-refractivity contribution in [3.63, 3.8) is 0 Å². The molecule has 2 aromatic rings. The predicted octanol–water partition coefficient (Wildman–Crippen LogP) is 3.73. The molecular formula is C23H26O7. The molecule has 0 bridgehead atoms. The van der Waals surface area contributed by atoms with E-state index in [4.69, 9.17) is 18.9 Å². The Kier molecular flexibility index (Phi) is 7.98. The summed E-state index contributed by atoms with van der Waals surface area (Å²) < 4.78 is 22.5. The monoisotopic (exact) mass is 414 g/mol. The highest BCUT2D eigenvalue weighted by Crippen LogP contribution is 2.43. The third kappa shape index (κ3) is 6.34. The zero-order valence-electron chi connectivity index (χ0n) is 17.9. The molecule has 0 spiro atoms. The van der Waals surface area contributed by atoms with Gasteiger partial charge in [-0.25, -0.2) is 0 Å². The van der Waals surface area contributed by atoms with E-state index in [1.165, 1.54) is 35.0 Å². The highest BCUT2D eigenvalue weighted by molar-refractivity contribution is 5.79. The average molecular weight is 414 g/mol. The number of hydrogen-bond donors (Lipinski definition) is 0. The fraction of sp³-hybridized carbons (Fsp3) is 0.348. The molecule has 160 valence electrons. The summed E-state index contributed by atoms with van der Waals surface area (Å²) in [7, 11) is 2.97. The van der Waals surface area contributed by atoms with Crippen molar-refractivity contribution in [1.29, 1.82) is 0 Å². The van der Waals surface area contributed by atoms with Crippen LogP contribution in [-0.4, -0.2) is 38.2 Å². The average Bonchev–Trinajstić information content (AvgIpc) is 2.66. The molecule has 0 amide bonds. The van der Waals surface area contributed by atoms with Gasteiger partial charge in [0.1, 0.15) is 18.2 Å². The van der Waals surface area contributed by atoms with Crippen LogP contribution in [0.25, 0.3) is 0 Å². The summed E-state index contributed by atoms with van der Waals surface area (Å²) in [5.74, 6) is 1.54. The SMILES string of the molecule is COc1cc(CC(C)=O)ccc1Oc1cc(CC(C)=O)cc(OC)c1OCC(C)=O. The van der Waals surface area contributed by atoms with Crippen molar-refractivity contribution in [2.24, 2.45) is 0 Å². The summed E-state index contributed by atoms with van der Waals surface area (Å²) in [4.78, 5) is 34.4. The van der Waals surface area contributed by atoms with Gasteiger partial charge in [0.15, 0.2) is 28.8 Å². The molecular weight excluding hydrogens is 388 g/mol. The van der Waals surface area contributed by atoms with E-state index in [9.17, 15) is 14.4 Å². The minimum atomic E-state index is -0.165. The van der Waals surface area contributed by atoms with E-state index < -0.39 is 0 Å². The van der Waals surface area contributed by atoms with Crippen molar-refractivity contribution in [3.05, 3.63) is 41.5 Å². The summed E-state index contributed by atoms with van der Waals surface area (Å²) in [5, 5.41) is 0. The molecule has 0 heterocycles. The minimum absolute atomic E-state index is 0.0217. The summed E-state index contributed by atoms with van der Waals surface area (Å²) in [6.07, 6.45) is 0.472. The maximum Gasteiger partial charge on any atom is 0.204 e. The Morgan fingerprint density at radius 2 is 1.27 bits per heavy atom. The zero-order chi connectivity index (χ0) is 22.3. The van der Waals surface area contributed by atoms with Crippen molar-refractivity contribution in [2.45, 2.75) is 33.6 Å². The first kappa shape index (κ1) is 22.9. The molecule has 0 aliphatic carbocycles. The minimum Gasteiger partial charge on any atom is -0.493 e. The van der Waals surface area contributed by atoms with Crippen LogP contribution in [0, 0.1) is 0 Å². The number of benzene rings is 2. The number of carbonyl (C=O) groups is 3. The normalized spacial score (nSPS) is 10.3. The Labute approximate surface area is 175 Å². The van der Waals surface area contributed by atoms with E-state index in [-0.39, 0.29) is 48.3 Å². The lowest BCUT2D eigenvalue weighted by Crippen LogP contribution is -2.09. The Balaban J connectivity index is 2.50. The smallest absolute Gasteiger partial charge is 0.204 e. The Morgan fingerprint density at radius 3 is 1.83 bits per heavy atom. The predicted molar refractivity (Wildman–Crippen MR) is 111 cm³/mol. The Hall–Kier alpha value is -3.35. The van der Waals surface area contributed by atoms with Gasteiger partial charge in [-0.15, -0.1) is 0 Å². The maximum absolute atomic E-state index is 11.6. The molecule has 0 aliphatic heterocycles. The van der Waals surface area contributed by atoms with E-state index >= 15 is 0 Å². The first-order valence-electron chi connectivity index (χ1n) is 9.40. The number of hydrogen-bond acceptors (Lipinski definition) is 7. The van der Waals surface area contributed by atoms with Gasteiger partial charge in [-0.05, 0) is 56.2 Å². The van der Waals surface area contributed by atoms with Gasteiger partial charge in [-0.3, -0.25) is 14.4 Å². The third-order valence-corrected chi connectivity index (χ3v) is 4.07. The summed E-state index contributed by atoms with van der Waals surface area (Å²) >= 11 is 0. The van der Waals surface area contributed by atoms with Crippen molar-refractivity contribution >= 4 is 17.3 Å². The van der Waals surface area contributed by atoms with Gasteiger partial charge in [0.05, 0.1) is 14.2 Å². The summed E-state index contributed by atoms with van der Waals surface area (Å²) in [6.45, 7) is 4.26. The van der Waals surface area contributed by atoms with Crippen LogP contribution in [0.2, 0.25) is 0 Å². The van der Waals surface area contributed by atoms with Crippen LogP contribution in [0.15, 0.2) is 30.3 Å². The topological polar surface area (TPSA) is 88.1 Å². The molecule has 0 radical (unpaired) electrons. The van der Waals surface area contributed by atoms with Gasteiger partial charge < -0.3 is 18.9 Å². The van der Waals surface area contributed by atoms with Gasteiger partial charge in [0.25, 0.3) is 0 Å². The lowest BCUT2D eigenvalue weighted by atomic mass is 10.1. The number of rotatable bonds is 11. The second kappa shape index (κ2) is 10.4. The van der Waals surface area contributed by atoms with Crippen LogP contribution in [-0.2, 0) is 27.2 Å². The van der Waals surface area contributed by atoms with E-state index in [2.05, 4.69) is 0 Å². The van der Waals surface area contributed by atoms with Gasteiger partial charge in [-0.2, -0.15) is 0 Å². The van der Waals surface area contributed by atoms with Crippen LogP contribution in [0.5, 0.6) is 28.7 Å². The van der Waals surface area contributed by atoms with Crippen LogP contribution in [0.1, 0.15) is 31.9 Å². The van der Waals surface area contributed by atoms with Crippen molar-refractivity contribution in [2.75, 3.05) is 20.8 Å². The number of Topliss-reactive ketones (excluding diaryl/α,β-unsaturated/α-hetero) is 3. The molecule has 0 aromatic heterocycles. The number of ketones is 3. The third-order valence-electron chi connectivity index (χ3n) is 4.07. The standard InChI is InChI=1S/C23H26O7/c1-14(24)8-17-6-7-19(20(10-17)27-4)30-22-12-18(9-15(2)25)11-21(28-5)23(22)29-13-16(3)26/h6-7,10-12H,8-9,13H2,1-5H3. The Morgan fingerprint density at radius 1 is 0.700 bits per heavy atom. The summed E-state index contributed by atoms with van der Waals surface area (Å²) in [6, 6.07) is 8.53. The molecule has 7 heteroatoms. The van der Waals surface area contributed by atoms with Crippen LogP contribution in [0.4, 0.5) is 0 Å². The highest BCUT2D eigenvalue weighted by atomic mass is 16.6. The molecule has 7 nitrogen and oxygen atoms in total. The largest absolute Gasteiger partial charge is 0.493 e. The van der Waals surface area contributed by atoms with Crippen LogP contribution < -0.4 is 18.9 Å². The lowest BCUT2D eigenvalue weighted by molar-refractivity contribution is -0.119. The van der Waals surface area contributed by atoms with Gasteiger partial charge in [0.2, 0.25) is 5.75 Å². The lowest BCUT2D eigenvalue weighted by Gasteiger charge is -2.18. The first-order valence-corrected chi connectivity index (χ1v) is 9.40. The van der Waals surface area contributed by atoms with Crippen LogP contribution in [0.3, 0.4) is 0 Å². The molecule has 0 atom stereocenters. The molecule has 0 unspecified atom stereocenters. The van der Waals surface area contributed by atoms with Gasteiger partial charge >= 0.3 is 0 Å². The van der Waals surface area contributed by atoms with Crippen LogP contribution >= 0.6 is 0 Å². The van der Waals surface area contributed by atoms with E-state index in [1.54, 1.807) is 30.3 Å². The van der Waals surface area contributed by atoms with E-state index in [0.29, 0.717) is 22.8 Å². The van der Waals surface area contributed by atoms with Crippen molar-refractivity contribution in [1.82, 2.24) is 0 Å². The second-order valence-electron chi connectivity index (χ2n) is 6.96. The number of methoxy groups -OCH3 is 2. The maximum atomic E-state index is 11.6. The van der Waals surface area contributed by atoms with E-state index in [0.717, 1.165) is 5.56 Å². The second-order valence-corrected chi connectivity index (χ2v) is 6.96. The molecule has 30 heavy (non-hydrogen) atoms. The van der Waals surface area contributed by atoms with Crippen molar-refractivity contribution < 1.29 is 33.3 Å². The van der Waals surface area contributed by atoms with E-state index in [1.807, 2.05) is 0 Å². The number of ether oxygens (including phenoxy) is 4. The molecule has 0 fully saturated rings. The van der Waals surface area contributed by atoms with Gasteiger partial charge in [-0.1, -0.05) is 6.07 Å². The summed E-state index contributed by atoms with van der Waals surface area (Å²) in [5.41, 5.74) is 1.47. The molecule has 0 saturated carbocycles. The van der Waals surface area contributed by atoms with Crippen molar-refractivity contribution in [3.8, 4) is 28.7 Å². The quantitative estimate of drug-likeness (QED) is 0.554. The molecule has 2 rings (SSSR count). The van der Waals surface area contributed by atoms with Gasteiger partial charge in [0, 0.05) is 12.8 Å². The Bertz CT molecular complexity index is 947. The zero-order valence-corrected chi connectivity index (χ0v) is 17.9. The first-order chi connectivity index (χ1) is 14.2.